The molecule has 6 aliphatic rings. The molecule has 1 heterocycles. The van der Waals surface area contributed by atoms with Gasteiger partial charge >= 0.3 is 0 Å². The Labute approximate surface area is 198 Å². The fourth-order valence-electron chi connectivity index (χ4n) is 7.62. The molecule has 5 heteroatoms. The van der Waals surface area contributed by atoms with Gasteiger partial charge in [0.2, 0.25) is 11.6 Å². The Morgan fingerprint density at radius 3 is 2.15 bits per heavy atom. The SMILES string of the molecule is CC(C)(C)NCCOc1ccc(C2CCC3(CC2)OOC2(O3)C3CC4CC(C3)CC2C4)cc1. The molecular weight excluding hydrogens is 414 g/mol. The van der Waals surface area contributed by atoms with Crippen molar-refractivity contribution >= 4 is 0 Å². The molecule has 0 amide bonds. The third kappa shape index (κ3) is 4.24. The van der Waals surface area contributed by atoms with Gasteiger partial charge in [0.1, 0.15) is 12.4 Å². The van der Waals surface area contributed by atoms with Gasteiger partial charge in [0.15, 0.2) is 0 Å². The lowest BCUT2D eigenvalue weighted by Gasteiger charge is -2.57. The maximum absolute atomic E-state index is 6.87. The van der Waals surface area contributed by atoms with Crippen molar-refractivity contribution in [3.05, 3.63) is 29.8 Å². The van der Waals surface area contributed by atoms with Crippen LogP contribution in [0.3, 0.4) is 0 Å². The quantitative estimate of drug-likeness (QED) is 0.440. The summed E-state index contributed by atoms with van der Waals surface area (Å²) in [5.74, 6) is 3.42. The first-order chi connectivity index (χ1) is 15.8. The van der Waals surface area contributed by atoms with Crippen LogP contribution in [0, 0.1) is 23.7 Å². The summed E-state index contributed by atoms with van der Waals surface area (Å²) < 4.78 is 12.8. The molecule has 4 bridgehead atoms. The zero-order valence-electron chi connectivity index (χ0n) is 20.6. The minimum atomic E-state index is -0.519. The molecule has 0 atom stereocenters. The van der Waals surface area contributed by atoms with Gasteiger partial charge in [-0.25, -0.2) is 0 Å². The summed E-state index contributed by atoms with van der Waals surface area (Å²) >= 11 is 0. The van der Waals surface area contributed by atoms with Crippen molar-refractivity contribution in [1.29, 1.82) is 0 Å². The van der Waals surface area contributed by atoms with Crippen LogP contribution in [-0.4, -0.2) is 30.3 Å². The highest BCUT2D eigenvalue weighted by Crippen LogP contribution is 2.64. The van der Waals surface area contributed by atoms with Gasteiger partial charge in [0.05, 0.1) is 0 Å². The summed E-state index contributed by atoms with van der Waals surface area (Å²) in [6, 6.07) is 8.71. The smallest absolute Gasteiger partial charge is 0.210 e. The summed E-state index contributed by atoms with van der Waals surface area (Å²) in [5, 5.41) is 3.46. The molecule has 0 unspecified atom stereocenters. The van der Waals surface area contributed by atoms with E-state index in [0.29, 0.717) is 24.4 Å². The van der Waals surface area contributed by atoms with E-state index in [9.17, 15) is 0 Å². The van der Waals surface area contributed by atoms with Crippen molar-refractivity contribution in [2.75, 3.05) is 13.2 Å². The minimum Gasteiger partial charge on any atom is -0.492 e. The van der Waals surface area contributed by atoms with Gasteiger partial charge in [0.25, 0.3) is 0 Å². The van der Waals surface area contributed by atoms with E-state index in [1.165, 1.54) is 37.7 Å². The van der Waals surface area contributed by atoms with Crippen LogP contribution in [0.4, 0.5) is 0 Å². The van der Waals surface area contributed by atoms with E-state index in [1.807, 2.05) is 0 Å². The van der Waals surface area contributed by atoms with Crippen molar-refractivity contribution in [3.63, 3.8) is 0 Å². The van der Waals surface area contributed by atoms with E-state index in [-0.39, 0.29) is 5.54 Å². The number of hydrogen-bond donors (Lipinski definition) is 1. The Bertz CT molecular complexity index is 808. The lowest BCUT2D eigenvalue weighted by Crippen LogP contribution is -2.59. The van der Waals surface area contributed by atoms with Crippen LogP contribution in [0.1, 0.15) is 90.0 Å². The van der Waals surface area contributed by atoms with Crippen LogP contribution >= 0.6 is 0 Å². The van der Waals surface area contributed by atoms with Gasteiger partial charge in [0, 0.05) is 36.8 Å². The fraction of sp³-hybridized carbons (Fsp3) is 0.786. The molecular formula is C28H41NO4. The van der Waals surface area contributed by atoms with Gasteiger partial charge in [-0.3, -0.25) is 0 Å². The number of rotatable bonds is 5. The Hall–Kier alpha value is -1.14. The molecule has 33 heavy (non-hydrogen) atoms. The van der Waals surface area contributed by atoms with Gasteiger partial charge < -0.3 is 14.8 Å². The zero-order valence-corrected chi connectivity index (χ0v) is 20.6. The van der Waals surface area contributed by atoms with E-state index in [2.05, 4.69) is 50.4 Å². The predicted molar refractivity (Wildman–Crippen MR) is 127 cm³/mol. The first-order valence-electron chi connectivity index (χ1n) is 13.4. The van der Waals surface area contributed by atoms with Crippen molar-refractivity contribution in [3.8, 4) is 5.75 Å². The summed E-state index contributed by atoms with van der Waals surface area (Å²) in [4.78, 5) is 12.3. The number of nitrogens with one attached hydrogen (secondary N) is 1. The first-order valence-corrected chi connectivity index (χ1v) is 13.4. The van der Waals surface area contributed by atoms with Crippen molar-refractivity contribution in [2.24, 2.45) is 23.7 Å². The highest BCUT2D eigenvalue weighted by atomic mass is 17.3. The van der Waals surface area contributed by atoms with E-state index in [1.54, 1.807) is 0 Å². The predicted octanol–water partition coefficient (Wildman–Crippen LogP) is 5.94. The van der Waals surface area contributed by atoms with Crippen LogP contribution in [0.25, 0.3) is 0 Å². The second kappa shape index (κ2) is 8.22. The van der Waals surface area contributed by atoms with Crippen molar-refractivity contribution in [1.82, 2.24) is 5.32 Å². The first kappa shape index (κ1) is 22.3. The molecule has 1 aliphatic heterocycles. The van der Waals surface area contributed by atoms with Crippen LogP contribution in [-0.2, 0) is 14.5 Å². The maximum atomic E-state index is 6.87. The van der Waals surface area contributed by atoms with Gasteiger partial charge in [-0.05, 0) is 101 Å². The summed E-state index contributed by atoms with van der Waals surface area (Å²) in [5.41, 5.74) is 1.52. The van der Waals surface area contributed by atoms with Gasteiger partial charge in [-0.1, -0.05) is 12.1 Å². The molecule has 1 aromatic rings. The standard InChI is InChI=1S/C28H41NO4/c1-26(2,3)29-12-13-30-25-6-4-21(5-7-25)22-8-10-27(11-9-22)31-28(33-32-27)23-15-19-14-20(17-23)18-24(28)16-19/h4-7,19-20,22-24,29H,8-18H2,1-3H3. The summed E-state index contributed by atoms with van der Waals surface area (Å²) in [6.07, 6.45) is 10.5. The second-order valence-electron chi connectivity index (χ2n) is 12.6. The molecule has 5 nitrogen and oxygen atoms in total. The Morgan fingerprint density at radius 1 is 0.909 bits per heavy atom. The zero-order chi connectivity index (χ0) is 22.7. The average molecular weight is 456 g/mol. The van der Waals surface area contributed by atoms with Crippen LogP contribution in [0.2, 0.25) is 0 Å². The normalized spacial score (nSPS) is 41.8. The molecule has 7 rings (SSSR count). The average Bonchev–Trinajstić information content (AvgIpc) is 3.15. The highest BCUT2D eigenvalue weighted by molar-refractivity contribution is 5.30. The summed E-state index contributed by atoms with van der Waals surface area (Å²) in [6.45, 7) is 8.05. The van der Waals surface area contributed by atoms with Crippen molar-refractivity contribution in [2.45, 2.75) is 102 Å². The molecule has 5 aliphatic carbocycles. The molecule has 5 saturated carbocycles. The number of ether oxygens (including phenoxy) is 2. The fourth-order valence-corrected chi connectivity index (χ4v) is 7.62. The molecule has 1 N–H and O–H groups in total. The molecule has 1 saturated heterocycles. The minimum absolute atomic E-state index is 0.124. The van der Waals surface area contributed by atoms with E-state index in [0.717, 1.165) is 49.8 Å². The molecule has 0 radical (unpaired) electrons. The lowest BCUT2D eigenvalue weighted by molar-refractivity contribution is -0.390. The van der Waals surface area contributed by atoms with E-state index >= 15 is 0 Å². The third-order valence-corrected chi connectivity index (χ3v) is 9.07. The second-order valence-corrected chi connectivity index (χ2v) is 12.6. The van der Waals surface area contributed by atoms with E-state index < -0.39 is 11.6 Å². The van der Waals surface area contributed by atoms with E-state index in [4.69, 9.17) is 19.2 Å². The highest BCUT2D eigenvalue weighted by Gasteiger charge is 2.66. The van der Waals surface area contributed by atoms with Gasteiger partial charge in [-0.2, -0.15) is 9.78 Å². The molecule has 0 aromatic heterocycles. The lowest BCUT2D eigenvalue weighted by atomic mass is 9.53. The molecule has 1 aromatic carbocycles. The van der Waals surface area contributed by atoms with Crippen LogP contribution < -0.4 is 10.1 Å². The largest absolute Gasteiger partial charge is 0.492 e. The Kier molecular flexibility index (Phi) is 5.56. The van der Waals surface area contributed by atoms with Crippen LogP contribution in [0.5, 0.6) is 5.75 Å². The van der Waals surface area contributed by atoms with Crippen molar-refractivity contribution < 1.29 is 19.2 Å². The number of benzene rings is 1. The monoisotopic (exact) mass is 455 g/mol. The maximum Gasteiger partial charge on any atom is 0.210 e. The number of hydrogen-bond acceptors (Lipinski definition) is 5. The molecule has 182 valence electrons. The van der Waals surface area contributed by atoms with Crippen LogP contribution in [0.15, 0.2) is 24.3 Å². The molecule has 2 spiro atoms. The third-order valence-electron chi connectivity index (χ3n) is 9.07. The van der Waals surface area contributed by atoms with Gasteiger partial charge in [-0.15, -0.1) is 0 Å². The Morgan fingerprint density at radius 2 is 1.55 bits per heavy atom. The molecule has 6 fully saturated rings. The Balaban J connectivity index is 1.03. The topological polar surface area (TPSA) is 49.0 Å². The summed E-state index contributed by atoms with van der Waals surface area (Å²) in [7, 11) is 0.